The van der Waals surface area contributed by atoms with Gasteiger partial charge in [-0.2, -0.15) is 0 Å². The summed E-state index contributed by atoms with van der Waals surface area (Å²) in [5.41, 5.74) is 12.3. The molecule has 0 unspecified atom stereocenters. The lowest BCUT2D eigenvalue weighted by Crippen LogP contribution is -2.40. The van der Waals surface area contributed by atoms with Gasteiger partial charge in [-0.25, -0.2) is 0 Å². The number of primary amides is 1. The number of nitrogens with two attached hydrogens (primary N) is 2. The van der Waals surface area contributed by atoms with Gasteiger partial charge in [0.25, 0.3) is 0 Å². The summed E-state index contributed by atoms with van der Waals surface area (Å²) in [5, 5.41) is 3.18. The van der Waals surface area contributed by atoms with Gasteiger partial charge in [-0.3, -0.25) is 4.79 Å². The third-order valence-electron chi connectivity index (χ3n) is 2.60. The van der Waals surface area contributed by atoms with Crippen LogP contribution < -0.4 is 16.8 Å². The first-order valence-electron chi connectivity index (χ1n) is 5.27. The van der Waals surface area contributed by atoms with Crippen molar-refractivity contribution in [2.45, 2.75) is 20.4 Å². The molecule has 0 saturated carbocycles. The molecule has 0 aliphatic heterocycles. The molecule has 16 heavy (non-hydrogen) atoms. The third kappa shape index (κ3) is 3.24. The molecule has 0 atom stereocenters. The van der Waals surface area contributed by atoms with Crippen molar-refractivity contribution in [1.29, 1.82) is 0 Å². The smallest absolute Gasteiger partial charge is 0.224 e. The molecule has 1 rings (SSSR count). The molecule has 0 heterocycles. The molecule has 1 aromatic carbocycles. The Morgan fingerprint density at radius 2 is 2.00 bits per heavy atom. The maximum Gasteiger partial charge on any atom is 0.224 e. The first-order chi connectivity index (χ1) is 7.43. The van der Waals surface area contributed by atoms with Gasteiger partial charge in [0.2, 0.25) is 5.91 Å². The summed E-state index contributed by atoms with van der Waals surface area (Å²) >= 11 is 0. The minimum atomic E-state index is -0.538. The van der Waals surface area contributed by atoms with E-state index in [0.29, 0.717) is 13.1 Å². The highest BCUT2D eigenvalue weighted by Gasteiger charge is 2.23. The van der Waals surface area contributed by atoms with Crippen LogP contribution >= 0.6 is 0 Å². The Kier molecular flexibility index (Phi) is 3.90. The molecule has 5 N–H and O–H groups in total. The van der Waals surface area contributed by atoms with Crippen LogP contribution in [0.15, 0.2) is 24.3 Å². The number of rotatable bonds is 5. The van der Waals surface area contributed by atoms with Gasteiger partial charge in [0, 0.05) is 18.8 Å². The Labute approximate surface area is 96.0 Å². The van der Waals surface area contributed by atoms with Gasteiger partial charge < -0.3 is 16.8 Å². The van der Waals surface area contributed by atoms with E-state index < -0.39 is 5.41 Å². The Bertz CT molecular complexity index is 374. The second-order valence-electron chi connectivity index (χ2n) is 4.55. The molecule has 0 aliphatic carbocycles. The summed E-state index contributed by atoms with van der Waals surface area (Å²) in [6.07, 6.45) is 0. The molecule has 1 aromatic rings. The Morgan fingerprint density at radius 1 is 1.38 bits per heavy atom. The first kappa shape index (κ1) is 12.5. The van der Waals surface area contributed by atoms with Gasteiger partial charge in [0.1, 0.15) is 0 Å². The highest BCUT2D eigenvalue weighted by Crippen LogP contribution is 2.14. The molecular weight excluding hydrogens is 202 g/mol. The highest BCUT2D eigenvalue weighted by atomic mass is 16.1. The van der Waals surface area contributed by atoms with E-state index in [0.717, 1.165) is 11.3 Å². The minimum Gasteiger partial charge on any atom is -0.398 e. The van der Waals surface area contributed by atoms with E-state index in [4.69, 9.17) is 11.5 Å². The lowest BCUT2D eigenvalue weighted by Gasteiger charge is -2.21. The molecule has 0 bridgehead atoms. The number of nitrogens with one attached hydrogen (secondary N) is 1. The molecule has 4 nitrogen and oxygen atoms in total. The molecule has 0 saturated heterocycles. The summed E-state index contributed by atoms with van der Waals surface area (Å²) in [5.74, 6) is -0.305. The fourth-order valence-electron chi connectivity index (χ4n) is 1.29. The minimum absolute atomic E-state index is 0.305. The number of para-hydroxylation sites is 1. The predicted octanol–water partition coefficient (Wildman–Crippen LogP) is 0.870. The van der Waals surface area contributed by atoms with Crippen molar-refractivity contribution in [3.8, 4) is 0 Å². The third-order valence-corrected chi connectivity index (χ3v) is 2.60. The topological polar surface area (TPSA) is 81.1 Å². The zero-order valence-electron chi connectivity index (χ0n) is 9.79. The average Bonchev–Trinajstić information content (AvgIpc) is 2.20. The van der Waals surface area contributed by atoms with E-state index in [-0.39, 0.29) is 5.91 Å². The molecule has 88 valence electrons. The number of amides is 1. The Hall–Kier alpha value is -1.55. The van der Waals surface area contributed by atoms with Crippen molar-refractivity contribution in [3.05, 3.63) is 29.8 Å². The number of nitrogen functional groups attached to an aromatic ring is 1. The number of hydrogen-bond donors (Lipinski definition) is 3. The van der Waals surface area contributed by atoms with E-state index in [1.807, 2.05) is 38.1 Å². The van der Waals surface area contributed by atoms with Gasteiger partial charge in [-0.15, -0.1) is 0 Å². The largest absolute Gasteiger partial charge is 0.398 e. The summed E-state index contributed by atoms with van der Waals surface area (Å²) in [6, 6.07) is 7.65. The molecular formula is C12H19N3O. The fourth-order valence-corrected chi connectivity index (χ4v) is 1.29. The Balaban J connectivity index is 2.48. The number of hydrogen-bond acceptors (Lipinski definition) is 3. The predicted molar refractivity (Wildman–Crippen MR) is 65.5 cm³/mol. The van der Waals surface area contributed by atoms with Crippen molar-refractivity contribution in [1.82, 2.24) is 5.32 Å². The summed E-state index contributed by atoms with van der Waals surface area (Å²) < 4.78 is 0. The number of carbonyl (C=O) groups is 1. The second kappa shape index (κ2) is 4.99. The van der Waals surface area contributed by atoms with Crippen LogP contribution in [0.1, 0.15) is 19.4 Å². The molecule has 0 aliphatic rings. The van der Waals surface area contributed by atoms with Crippen molar-refractivity contribution in [3.63, 3.8) is 0 Å². The lowest BCUT2D eigenvalue weighted by atomic mass is 9.93. The van der Waals surface area contributed by atoms with Crippen molar-refractivity contribution >= 4 is 11.6 Å². The summed E-state index contributed by atoms with van der Waals surface area (Å²) in [7, 11) is 0. The monoisotopic (exact) mass is 221 g/mol. The average molecular weight is 221 g/mol. The quantitative estimate of drug-likeness (QED) is 0.645. The van der Waals surface area contributed by atoms with Gasteiger partial charge in [0.15, 0.2) is 0 Å². The van der Waals surface area contributed by atoms with Crippen molar-refractivity contribution in [2.24, 2.45) is 11.1 Å². The molecule has 1 amide bonds. The molecule has 0 fully saturated rings. The highest BCUT2D eigenvalue weighted by molar-refractivity contribution is 5.80. The Morgan fingerprint density at radius 3 is 2.56 bits per heavy atom. The van der Waals surface area contributed by atoms with E-state index in [1.54, 1.807) is 0 Å². The van der Waals surface area contributed by atoms with Crippen molar-refractivity contribution in [2.75, 3.05) is 12.3 Å². The molecule has 4 heteroatoms. The number of anilines is 1. The van der Waals surface area contributed by atoms with Gasteiger partial charge in [-0.05, 0) is 25.5 Å². The fraction of sp³-hybridized carbons (Fsp3) is 0.417. The van der Waals surface area contributed by atoms with Crippen molar-refractivity contribution < 1.29 is 4.79 Å². The zero-order chi connectivity index (χ0) is 12.2. The van der Waals surface area contributed by atoms with E-state index in [2.05, 4.69) is 5.32 Å². The zero-order valence-corrected chi connectivity index (χ0v) is 9.79. The van der Waals surface area contributed by atoms with Crippen LogP contribution in [-0.4, -0.2) is 12.5 Å². The van der Waals surface area contributed by atoms with Crippen LogP contribution in [0, 0.1) is 5.41 Å². The van der Waals surface area contributed by atoms with Crippen LogP contribution in [-0.2, 0) is 11.3 Å². The summed E-state index contributed by atoms with van der Waals surface area (Å²) in [4.78, 5) is 11.1. The van der Waals surface area contributed by atoms with E-state index >= 15 is 0 Å². The first-order valence-corrected chi connectivity index (χ1v) is 5.27. The van der Waals surface area contributed by atoms with Gasteiger partial charge >= 0.3 is 0 Å². The van der Waals surface area contributed by atoms with Crippen LogP contribution in [0.4, 0.5) is 5.69 Å². The molecule has 0 radical (unpaired) electrons. The SMILES string of the molecule is CC(C)(CNCc1ccccc1N)C(N)=O. The number of benzene rings is 1. The van der Waals surface area contributed by atoms with Gasteiger partial charge in [0.05, 0.1) is 5.41 Å². The summed E-state index contributed by atoms with van der Waals surface area (Å²) in [6.45, 7) is 4.81. The van der Waals surface area contributed by atoms with Crippen LogP contribution in [0.2, 0.25) is 0 Å². The van der Waals surface area contributed by atoms with Crippen LogP contribution in [0.25, 0.3) is 0 Å². The maximum atomic E-state index is 11.1. The number of carbonyl (C=O) groups excluding carboxylic acids is 1. The van der Waals surface area contributed by atoms with E-state index in [1.165, 1.54) is 0 Å². The van der Waals surface area contributed by atoms with Crippen LogP contribution in [0.5, 0.6) is 0 Å². The van der Waals surface area contributed by atoms with Crippen LogP contribution in [0.3, 0.4) is 0 Å². The molecule has 0 spiro atoms. The van der Waals surface area contributed by atoms with Gasteiger partial charge in [-0.1, -0.05) is 18.2 Å². The second-order valence-corrected chi connectivity index (χ2v) is 4.55. The van der Waals surface area contributed by atoms with E-state index in [9.17, 15) is 4.79 Å². The standard InChI is InChI=1S/C12H19N3O/c1-12(2,11(14)16)8-15-7-9-5-3-4-6-10(9)13/h3-6,15H,7-8,13H2,1-2H3,(H2,14,16). The molecule has 0 aromatic heterocycles. The lowest BCUT2D eigenvalue weighted by molar-refractivity contribution is -0.125. The normalized spacial score (nSPS) is 11.4. The maximum absolute atomic E-state index is 11.1.